The van der Waals surface area contributed by atoms with Gasteiger partial charge in [0.2, 0.25) is 10.0 Å². The van der Waals surface area contributed by atoms with E-state index in [0.717, 1.165) is 0 Å². The van der Waals surface area contributed by atoms with Crippen molar-refractivity contribution in [3.8, 4) is 0 Å². The molecule has 0 aromatic heterocycles. The van der Waals surface area contributed by atoms with Crippen LogP contribution in [-0.2, 0) is 15.8 Å². The molecule has 0 aliphatic carbocycles. The first-order valence-electron chi connectivity index (χ1n) is 6.04. The van der Waals surface area contributed by atoms with Gasteiger partial charge in [0.05, 0.1) is 10.8 Å². The zero-order chi connectivity index (χ0) is 14.0. The van der Waals surface area contributed by atoms with Crippen LogP contribution in [-0.4, -0.2) is 38.4 Å². The number of benzene rings is 1. The van der Waals surface area contributed by atoms with Gasteiger partial charge in [-0.3, -0.25) is 0 Å². The molecule has 8 heteroatoms. The van der Waals surface area contributed by atoms with Crippen LogP contribution in [0.3, 0.4) is 0 Å². The van der Waals surface area contributed by atoms with E-state index in [-0.39, 0.29) is 29.2 Å². The van der Waals surface area contributed by atoms with Gasteiger partial charge < -0.3 is 5.32 Å². The zero-order valence-corrected chi connectivity index (χ0v) is 13.4. The average molecular weight is 343 g/mol. The number of hydrogen-bond donors (Lipinski definition) is 1. The first-order chi connectivity index (χ1) is 8.90. The van der Waals surface area contributed by atoms with Crippen molar-refractivity contribution in [2.45, 2.75) is 18.7 Å². The molecule has 1 fully saturated rings. The van der Waals surface area contributed by atoms with Gasteiger partial charge in [0.25, 0.3) is 0 Å². The van der Waals surface area contributed by atoms with Crippen LogP contribution in [0.4, 0.5) is 4.39 Å². The van der Waals surface area contributed by atoms with E-state index in [4.69, 9.17) is 11.6 Å². The number of nitrogens with one attached hydrogen (secondary N) is 1. The molecule has 1 heterocycles. The maximum absolute atomic E-state index is 13.0. The van der Waals surface area contributed by atoms with Crippen molar-refractivity contribution >= 4 is 34.0 Å². The second kappa shape index (κ2) is 7.04. The monoisotopic (exact) mass is 342 g/mol. The minimum atomic E-state index is -3.40. The number of nitrogens with zero attached hydrogens (tertiary/aromatic N) is 1. The van der Waals surface area contributed by atoms with Crippen molar-refractivity contribution in [3.63, 3.8) is 0 Å². The van der Waals surface area contributed by atoms with Gasteiger partial charge in [0, 0.05) is 25.7 Å². The first-order valence-corrected chi connectivity index (χ1v) is 8.03. The molecule has 2 rings (SSSR count). The lowest BCUT2D eigenvalue weighted by Crippen LogP contribution is -2.52. The van der Waals surface area contributed by atoms with Gasteiger partial charge in [0.15, 0.2) is 0 Å². The van der Waals surface area contributed by atoms with E-state index in [0.29, 0.717) is 25.2 Å². The van der Waals surface area contributed by atoms with Crippen LogP contribution < -0.4 is 5.32 Å². The molecule has 1 N–H and O–H groups in total. The third-order valence-electron chi connectivity index (χ3n) is 3.13. The second-order valence-corrected chi connectivity index (χ2v) is 7.00. The van der Waals surface area contributed by atoms with Crippen molar-refractivity contribution in [1.82, 2.24) is 9.62 Å². The number of hydrogen-bond acceptors (Lipinski definition) is 3. The smallest absolute Gasteiger partial charge is 0.218 e. The summed E-state index contributed by atoms with van der Waals surface area (Å²) in [6.07, 6.45) is 0. The van der Waals surface area contributed by atoms with Gasteiger partial charge in [-0.1, -0.05) is 17.7 Å². The normalized spacial score (nSPS) is 20.4. The highest BCUT2D eigenvalue weighted by atomic mass is 35.5. The molecule has 1 aromatic rings. The predicted octanol–water partition coefficient (Wildman–Crippen LogP) is 2.02. The van der Waals surface area contributed by atoms with E-state index in [1.54, 1.807) is 0 Å². The van der Waals surface area contributed by atoms with Gasteiger partial charge in [-0.25, -0.2) is 12.8 Å². The van der Waals surface area contributed by atoms with Crippen LogP contribution in [0.5, 0.6) is 0 Å². The molecule has 114 valence electrons. The number of sulfonamides is 1. The third kappa shape index (κ3) is 4.05. The summed E-state index contributed by atoms with van der Waals surface area (Å²) < 4.78 is 39.2. The van der Waals surface area contributed by atoms with Gasteiger partial charge in [-0.05, 0) is 24.6 Å². The summed E-state index contributed by atoms with van der Waals surface area (Å²) in [4.78, 5) is 0. The lowest BCUT2D eigenvalue weighted by Gasteiger charge is -2.32. The van der Waals surface area contributed by atoms with Gasteiger partial charge in [-0.15, -0.1) is 12.4 Å². The molecule has 1 aromatic carbocycles. The molecule has 0 spiro atoms. The summed E-state index contributed by atoms with van der Waals surface area (Å²) in [5.41, 5.74) is 0.497. The molecule has 1 saturated heterocycles. The Morgan fingerprint density at radius 1 is 1.50 bits per heavy atom. The van der Waals surface area contributed by atoms with Crippen LogP contribution >= 0.6 is 24.0 Å². The Kier molecular flexibility index (Phi) is 6.22. The third-order valence-corrected chi connectivity index (χ3v) is 5.38. The minimum Gasteiger partial charge on any atom is -0.314 e. The van der Waals surface area contributed by atoms with Crippen LogP contribution in [0.1, 0.15) is 12.5 Å². The average Bonchev–Trinajstić information content (AvgIpc) is 2.34. The summed E-state index contributed by atoms with van der Waals surface area (Å²) >= 11 is 5.66. The van der Waals surface area contributed by atoms with E-state index in [9.17, 15) is 12.8 Å². The standard InChI is InChI=1S/C12H16ClFN2O2S.ClH/c1-9-7-15-4-5-16(9)19(17,18)8-10-2-3-12(14)11(13)6-10;/h2-3,6,9,15H,4-5,7-8H2,1H3;1H/t9-;/m1./s1. The highest BCUT2D eigenvalue weighted by Crippen LogP contribution is 2.20. The van der Waals surface area contributed by atoms with Crippen molar-refractivity contribution in [2.24, 2.45) is 0 Å². The zero-order valence-electron chi connectivity index (χ0n) is 11.0. The quantitative estimate of drug-likeness (QED) is 0.914. The highest BCUT2D eigenvalue weighted by Gasteiger charge is 2.29. The van der Waals surface area contributed by atoms with Gasteiger partial charge >= 0.3 is 0 Å². The predicted molar refractivity (Wildman–Crippen MR) is 80.3 cm³/mol. The first kappa shape index (κ1) is 17.7. The van der Waals surface area contributed by atoms with Crippen molar-refractivity contribution in [2.75, 3.05) is 19.6 Å². The van der Waals surface area contributed by atoms with E-state index < -0.39 is 15.8 Å². The number of piperazine rings is 1. The molecule has 0 amide bonds. The number of rotatable bonds is 3. The van der Waals surface area contributed by atoms with E-state index in [2.05, 4.69) is 5.32 Å². The minimum absolute atomic E-state index is 0. The fourth-order valence-electron chi connectivity index (χ4n) is 2.16. The number of halogens is 3. The summed E-state index contributed by atoms with van der Waals surface area (Å²) in [5, 5.41) is 3.09. The van der Waals surface area contributed by atoms with Gasteiger partial charge in [-0.2, -0.15) is 4.31 Å². The topological polar surface area (TPSA) is 49.4 Å². The molecule has 1 atom stereocenters. The van der Waals surface area contributed by atoms with E-state index in [1.165, 1.54) is 22.5 Å². The summed E-state index contributed by atoms with van der Waals surface area (Å²) in [5.74, 6) is -0.699. The summed E-state index contributed by atoms with van der Waals surface area (Å²) in [6, 6.07) is 3.93. The Hall–Kier alpha value is -0.400. The summed E-state index contributed by atoms with van der Waals surface area (Å²) in [6.45, 7) is 3.61. The van der Waals surface area contributed by atoms with Crippen LogP contribution in [0.15, 0.2) is 18.2 Å². The van der Waals surface area contributed by atoms with Crippen LogP contribution in [0.2, 0.25) is 5.02 Å². The maximum atomic E-state index is 13.0. The van der Waals surface area contributed by atoms with Crippen molar-refractivity contribution in [3.05, 3.63) is 34.6 Å². The Morgan fingerprint density at radius 3 is 2.80 bits per heavy atom. The molecule has 1 aliphatic rings. The second-order valence-electron chi connectivity index (χ2n) is 4.67. The fraction of sp³-hybridized carbons (Fsp3) is 0.500. The maximum Gasteiger partial charge on any atom is 0.218 e. The lowest BCUT2D eigenvalue weighted by molar-refractivity contribution is 0.283. The molecule has 20 heavy (non-hydrogen) atoms. The molecule has 1 aliphatic heterocycles. The van der Waals surface area contributed by atoms with E-state index >= 15 is 0 Å². The molecule has 0 saturated carbocycles. The Bertz CT molecular complexity index is 569. The molecule has 0 radical (unpaired) electrons. The molecule has 0 unspecified atom stereocenters. The van der Waals surface area contributed by atoms with Crippen molar-refractivity contribution < 1.29 is 12.8 Å². The van der Waals surface area contributed by atoms with E-state index in [1.807, 2.05) is 6.92 Å². The largest absolute Gasteiger partial charge is 0.314 e. The van der Waals surface area contributed by atoms with Crippen LogP contribution in [0, 0.1) is 5.82 Å². The van der Waals surface area contributed by atoms with Crippen LogP contribution in [0.25, 0.3) is 0 Å². The Labute approximate surface area is 129 Å². The molecule has 0 bridgehead atoms. The molecule has 4 nitrogen and oxygen atoms in total. The van der Waals surface area contributed by atoms with Gasteiger partial charge in [0.1, 0.15) is 5.82 Å². The summed E-state index contributed by atoms with van der Waals surface area (Å²) in [7, 11) is -3.40. The highest BCUT2D eigenvalue weighted by molar-refractivity contribution is 7.88. The lowest BCUT2D eigenvalue weighted by atomic mass is 10.2. The Balaban J connectivity index is 0.00000200. The molecular formula is C12H17Cl2FN2O2S. The fourth-order valence-corrected chi connectivity index (χ4v) is 4.12. The van der Waals surface area contributed by atoms with Crippen molar-refractivity contribution in [1.29, 1.82) is 0 Å². The SMILES string of the molecule is C[C@@H]1CNCCN1S(=O)(=O)Cc1ccc(F)c(Cl)c1.Cl. The molecular weight excluding hydrogens is 326 g/mol. The Morgan fingerprint density at radius 2 is 2.20 bits per heavy atom.